The molecule has 2 rings (SSSR count). The summed E-state index contributed by atoms with van der Waals surface area (Å²) in [5, 5.41) is 0. The van der Waals surface area contributed by atoms with Crippen LogP contribution in [0.1, 0.15) is 53.6 Å². The lowest BCUT2D eigenvalue weighted by atomic mass is 9.81. The first-order valence-corrected chi connectivity index (χ1v) is 7.48. The summed E-state index contributed by atoms with van der Waals surface area (Å²) in [5.41, 5.74) is 0.107. The number of ether oxygens (including phenoxy) is 2. The molecule has 6 heteroatoms. The summed E-state index contributed by atoms with van der Waals surface area (Å²) in [7, 11) is -0.434. The van der Waals surface area contributed by atoms with E-state index in [0.29, 0.717) is 19.0 Å². The first kappa shape index (κ1) is 16.6. The first-order valence-electron chi connectivity index (χ1n) is 7.48. The highest BCUT2D eigenvalue weighted by atomic mass is 16.7. The number of furan rings is 1. The average molecular weight is 296 g/mol. The molecule has 0 N–H and O–H groups in total. The molecule has 21 heavy (non-hydrogen) atoms. The normalized spacial score (nSPS) is 20.4. The van der Waals surface area contributed by atoms with Crippen molar-refractivity contribution in [2.75, 3.05) is 13.2 Å². The zero-order valence-corrected chi connectivity index (χ0v) is 13.8. The van der Waals surface area contributed by atoms with Crippen molar-refractivity contribution in [3.05, 3.63) is 18.1 Å². The van der Waals surface area contributed by atoms with Gasteiger partial charge in [0.15, 0.2) is 5.76 Å². The van der Waals surface area contributed by atoms with Crippen LogP contribution in [0.3, 0.4) is 0 Å². The van der Waals surface area contributed by atoms with Gasteiger partial charge >= 0.3 is 7.12 Å². The third-order valence-corrected chi connectivity index (χ3v) is 4.03. The summed E-state index contributed by atoms with van der Waals surface area (Å²) in [6.07, 6.45) is 1.15. The predicted octanol–water partition coefficient (Wildman–Crippen LogP) is 2.65. The van der Waals surface area contributed by atoms with E-state index in [1.807, 2.05) is 47.6 Å². The fourth-order valence-electron chi connectivity index (χ4n) is 2.11. The van der Waals surface area contributed by atoms with E-state index in [1.165, 1.54) is 0 Å². The molecule has 0 radical (unpaired) electrons. The van der Waals surface area contributed by atoms with Gasteiger partial charge < -0.3 is 23.2 Å². The van der Waals surface area contributed by atoms with Crippen molar-refractivity contribution in [1.82, 2.24) is 0 Å². The Kier molecular flexibility index (Phi) is 4.83. The van der Waals surface area contributed by atoms with Crippen molar-refractivity contribution in [2.45, 2.75) is 59.0 Å². The van der Waals surface area contributed by atoms with Crippen molar-refractivity contribution >= 4 is 12.6 Å². The second-order valence-corrected chi connectivity index (χ2v) is 6.11. The van der Waals surface area contributed by atoms with Crippen LogP contribution in [-0.4, -0.2) is 31.5 Å². The van der Waals surface area contributed by atoms with Gasteiger partial charge in [0.1, 0.15) is 0 Å². The van der Waals surface area contributed by atoms with E-state index in [4.69, 9.17) is 23.2 Å². The van der Waals surface area contributed by atoms with Crippen LogP contribution in [0.5, 0.6) is 0 Å². The predicted molar refractivity (Wildman–Crippen MR) is 80.4 cm³/mol. The van der Waals surface area contributed by atoms with Crippen LogP contribution in [-0.2, 0) is 18.8 Å². The third kappa shape index (κ3) is 3.34. The van der Waals surface area contributed by atoms with Crippen molar-refractivity contribution < 1.29 is 23.2 Å². The summed E-state index contributed by atoms with van der Waals surface area (Å²) < 4.78 is 28.6. The Bertz CT molecular complexity index is 446. The average Bonchev–Trinajstić information content (AvgIpc) is 2.93. The quantitative estimate of drug-likeness (QED) is 0.596. The smallest absolute Gasteiger partial charge is 0.464 e. The minimum atomic E-state index is -0.490. The molecule has 0 saturated carbocycles. The van der Waals surface area contributed by atoms with Gasteiger partial charge in [-0.05, 0) is 47.6 Å². The molecular formula is C15H25BO5. The maximum atomic E-state index is 6.00. The highest BCUT2D eigenvalue weighted by Crippen LogP contribution is 2.36. The van der Waals surface area contributed by atoms with Gasteiger partial charge in [0.25, 0.3) is 0 Å². The minimum Gasteiger partial charge on any atom is -0.464 e. The molecule has 1 aliphatic heterocycles. The number of rotatable bonds is 6. The van der Waals surface area contributed by atoms with Gasteiger partial charge in [-0.15, -0.1) is 0 Å². The van der Waals surface area contributed by atoms with Gasteiger partial charge in [-0.2, -0.15) is 0 Å². The molecule has 0 spiro atoms. The molecule has 1 aliphatic rings. The molecular weight excluding hydrogens is 271 g/mol. The summed E-state index contributed by atoms with van der Waals surface area (Å²) in [6.45, 7) is 13.0. The van der Waals surface area contributed by atoms with Gasteiger partial charge in [-0.25, -0.2) is 0 Å². The molecule has 0 atom stereocenters. The molecule has 1 aromatic heterocycles. The highest BCUT2D eigenvalue weighted by Gasteiger charge is 2.52. The molecule has 2 heterocycles. The van der Waals surface area contributed by atoms with Crippen molar-refractivity contribution in [3.63, 3.8) is 0 Å². The first-order chi connectivity index (χ1) is 9.80. The second-order valence-electron chi connectivity index (χ2n) is 6.11. The van der Waals surface area contributed by atoms with E-state index in [-0.39, 0.29) is 11.2 Å². The molecule has 1 aromatic rings. The van der Waals surface area contributed by atoms with Gasteiger partial charge in [0.2, 0.25) is 6.29 Å². The molecule has 5 nitrogen and oxygen atoms in total. The van der Waals surface area contributed by atoms with Crippen molar-refractivity contribution in [3.8, 4) is 0 Å². The molecule has 0 bridgehead atoms. The van der Waals surface area contributed by atoms with Crippen LogP contribution in [0, 0.1) is 0 Å². The molecule has 0 unspecified atom stereocenters. The molecule has 1 fully saturated rings. The zero-order valence-electron chi connectivity index (χ0n) is 13.8. The van der Waals surface area contributed by atoms with Crippen LogP contribution < -0.4 is 5.46 Å². The van der Waals surface area contributed by atoms with Crippen LogP contribution in [0.15, 0.2) is 16.7 Å². The van der Waals surface area contributed by atoms with Crippen molar-refractivity contribution in [1.29, 1.82) is 0 Å². The largest absolute Gasteiger partial charge is 0.498 e. The van der Waals surface area contributed by atoms with Crippen LogP contribution >= 0.6 is 0 Å². The molecule has 0 aliphatic carbocycles. The Hall–Kier alpha value is -0.815. The number of hydrogen-bond acceptors (Lipinski definition) is 5. The maximum absolute atomic E-state index is 6.00. The second kappa shape index (κ2) is 6.12. The molecule has 0 aromatic carbocycles. The summed E-state index contributed by atoms with van der Waals surface area (Å²) >= 11 is 0. The lowest BCUT2D eigenvalue weighted by Crippen LogP contribution is -2.41. The van der Waals surface area contributed by atoms with Crippen molar-refractivity contribution in [2.24, 2.45) is 0 Å². The van der Waals surface area contributed by atoms with E-state index in [2.05, 4.69) is 0 Å². The van der Waals surface area contributed by atoms with Gasteiger partial charge in [-0.3, -0.25) is 0 Å². The Morgan fingerprint density at radius 1 is 1.05 bits per heavy atom. The fourth-order valence-corrected chi connectivity index (χ4v) is 2.11. The topological polar surface area (TPSA) is 50.1 Å². The van der Waals surface area contributed by atoms with Gasteiger partial charge in [0, 0.05) is 18.7 Å². The Morgan fingerprint density at radius 2 is 1.57 bits per heavy atom. The number of hydrogen-bond donors (Lipinski definition) is 0. The van der Waals surface area contributed by atoms with E-state index >= 15 is 0 Å². The van der Waals surface area contributed by atoms with Gasteiger partial charge in [-0.1, -0.05) is 0 Å². The SMILES string of the molecule is CCOC(OCC)c1cc(B2OC(C)(C)C(C)(C)O2)co1. The van der Waals surface area contributed by atoms with E-state index in [9.17, 15) is 0 Å². The minimum absolute atomic E-state index is 0.367. The Labute approximate surface area is 127 Å². The third-order valence-electron chi connectivity index (χ3n) is 4.03. The Balaban J connectivity index is 2.13. The summed E-state index contributed by atoms with van der Waals surface area (Å²) in [6, 6.07) is 1.87. The lowest BCUT2D eigenvalue weighted by Gasteiger charge is -2.32. The maximum Gasteiger partial charge on any atom is 0.498 e. The molecule has 1 saturated heterocycles. The van der Waals surface area contributed by atoms with Gasteiger partial charge in [0.05, 0.1) is 17.5 Å². The standard InChI is InChI=1S/C15H25BO5/c1-7-17-13(18-8-2)12-9-11(10-19-12)16-20-14(3,4)15(5,6)21-16/h9-10,13H,7-8H2,1-6H3. The molecule has 0 amide bonds. The monoisotopic (exact) mass is 296 g/mol. The van der Waals surface area contributed by atoms with E-state index in [0.717, 1.165) is 5.46 Å². The Morgan fingerprint density at radius 3 is 2.05 bits per heavy atom. The van der Waals surface area contributed by atoms with Crippen LogP contribution in [0.2, 0.25) is 0 Å². The highest BCUT2D eigenvalue weighted by molar-refractivity contribution is 6.62. The lowest BCUT2D eigenvalue weighted by molar-refractivity contribution is -0.150. The fraction of sp³-hybridized carbons (Fsp3) is 0.733. The van der Waals surface area contributed by atoms with Crippen LogP contribution in [0.4, 0.5) is 0 Å². The zero-order chi connectivity index (χ0) is 15.7. The summed E-state index contributed by atoms with van der Waals surface area (Å²) in [5.74, 6) is 0.628. The van der Waals surface area contributed by atoms with E-state index in [1.54, 1.807) is 6.26 Å². The van der Waals surface area contributed by atoms with Crippen LogP contribution in [0.25, 0.3) is 0 Å². The molecule has 118 valence electrons. The van der Waals surface area contributed by atoms with E-state index < -0.39 is 13.4 Å². The summed E-state index contributed by atoms with van der Waals surface area (Å²) in [4.78, 5) is 0.